The molecule has 0 radical (unpaired) electrons. The van der Waals surface area contributed by atoms with Crippen LogP contribution >= 0.6 is 0 Å². The quantitative estimate of drug-likeness (QED) is 0.668. The first-order chi connectivity index (χ1) is 5.70. The Hall–Kier alpha value is -1.05. The van der Waals surface area contributed by atoms with E-state index >= 15 is 0 Å². The van der Waals surface area contributed by atoms with Gasteiger partial charge in [-0.3, -0.25) is 0 Å². The van der Waals surface area contributed by atoms with Crippen molar-refractivity contribution >= 4 is 5.69 Å². The maximum atomic E-state index is 13.3. The maximum absolute atomic E-state index is 13.3. The highest BCUT2D eigenvalue weighted by Crippen LogP contribution is 2.43. The molecule has 0 bridgehead atoms. The van der Waals surface area contributed by atoms with Gasteiger partial charge in [-0.25, -0.2) is 4.39 Å². The minimum absolute atomic E-state index is 0.486. The van der Waals surface area contributed by atoms with Gasteiger partial charge in [0, 0.05) is 12.1 Å². The Morgan fingerprint density at radius 2 is 2.00 bits per heavy atom. The van der Waals surface area contributed by atoms with Crippen molar-refractivity contribution < 1.29 is 4.39 Å². The van der Waals surface area contributed by atoms with Gasteiger partial charge in [-0.05, 0) is 24.5 Å². The lowest BCUT2D eigenvalue weighted by atomic mass is 10.1. The topological polar surface area (TPSA) is 26.0 Å². The number of anilines is 1. The van der Waals surface area contributed by atoms with Gasteiger partial charge in [-0.15, -0.1) is 0 Å². The second-order valence-corrected chi connectivity index (χ2v) is 3.53. The number of hydrogen-bond acceptors (Lipinski definition) is 1. The number of nitrogens with two attached hydrogens (primary N) is 1. The average molecular weight is 165 g/mol. The molecule has 12 heavy (non-hydrogen) atoms. The Morgan fingerprint density at radius 3 is 2.58 bits per heavy atom. The van der Waals surface area contributed by atoms with Gasteiger partial charge in [-0.2, -0.15) is 0 Å². The van der Waals surface area contributed by atoms with Crippen LogP contribution in [0.15, 0.2) is 24.3 Å². The molecule has 0 spiro atoms. The fraction of sp³-hybridized carbons (Fsp3) is 0.400. The average Bonchev–Trinajstić information content (AvgIpc) is 2.74. The molecule has 1 aliphatic rings. The molecule has 1 aromatic carbocycles. The number of nitrogen functional groups attached to an aromatic ring is 1. The van der Waals surface area contributed by atoms with Crippen molar-refractivity contribution in [1.29, 1.82) is 0 Å². The van der Waals surface area contributed by atoms with E-state index in [9.17, 15) is 4.39 Å². The Bertz CT molecular complexity index is 292. The first kappa shape index (κ1) is 7.59. The Kier molecular flexibility index (Phi) is 1.56. The second kappa shape index (κ2) is 2.47. The molecular weight excluding hydrogens is 153 g/mol. The van der Waals surface area contributed by atoms with E-state index in [1.165, 1.54) is 0 Å². The molecule has 64 valence electrons. The molecule has 0 unspecified atom stereocenters. The number of para-hydroxylation sites is 1. The summed E-state index contributed by atoms with van der Waals surface area (Å²) in [6.45, 7) is 0. The summed E-state index contributed by atoms with van der Waals surface area (Å²) < 4.78 is 13.3. The Labute approximate surface area is 71.4 Å². The predicted molar refractivity (Wildman–Crippen MR) is 47.6 cm³/mol. The minimum Gasteiger partial charge on any atom is -0.399 e. The number of rotatable bonds is 2. The van der Waals surface area contributed by atoms with Crippen molar-refractivity contribution in [2.45, 2.75) is 24.9 Å². The maximum Gasteiger partial charge on any atom is 0.115 e. The normalized spacial score (nSPS) is 19.1. The molecule has 0 amide bonds. The third-order valence-corrected chi connectivity index (χ3v) is 2.35. The van der Waals surface area contributed by atoms with Gasteiger partial charge in [0.25, 0.3) is 0 Å². The summed E-state index contributed by atoms with van der Waals surface area (Å²) in [6.07, 6.45) is 1.88. The summed E-state index contributed by atoms with van der Waals surface area (Å²) in [5.41, 5.74) is 6.41. The first-order valence-electron chi connectivity index (χ1n) is 4.22. The van der Waals surface area contributed by atoms with Crippen LogP contribution in [0.5, 0.6) is 0 Å². The zero-order valence-corrected chi connectivity index (χ0v) is 6.89. The highest BCUT2D eigenvalue weighted by atomic mass is 19.1. The molecule has 1 saturated carbocycles. The van der Waals surface area contributed by atoms with E-state index in [1.54, 1.807) is 0 Å². The third kappa shape index (κ3) is 1.42. The van der Waals surface area contributed by atoms with E-state index in [4.69, 9.17) is 5.73 Å². The molecule has 1 aromatic rings. The van der Waals surface area contributed by atoms with Crippen LogP contribution in [0.4, 0.5) is 10.1 Å². The zero-order chi connectivity index (χ0) is 8.60. The first-order valence-corrected chi connectivity index (χ1v) is 4.22. The van der Waals surface area contributed by atoms with Crippen LogP contribution in [0.25, 0.3) is 0 Å². The van der Waals surface area contributed by atoms with Gasteiger partial charge < -0.3 is 5.73 Å². The van der Waals surface area contributed by atoms with Gasteiger partial charge in [-0.1, -0.05) is 18.2 Å². The standard InChI is InChI=1S/C10H12FN/c11-10(5-6-10)7-8-3-1-2-4-9(8)12/h1-4H,5-7,12H2. The van der Waals surface area contributed by atoms with Crippen LogP contribution in [0.2, 0.25) is 0 Å². The van der Waals surface area contributed by atoms with Gasteiger partial charge in [0.05, 0.1) is 0 Å². The van der Waals surface area contributed by atoms with E-state index in [2.05, 4.69) is 0 Å². The van der Waals surface area contributed by atoms with E-state index in [-0.39, 0.29) is 0 Å². The van der Waals surface area contributed by atoms with Crippen LogP contribution in [-0.4, -0.2) is 5.67 Å². The molecule has 1 nitrogen and oxygen atoms in total. The Balaban J connectivity index is 2.17. The summed E-state index contributed by atoms with van der Waals surface area (Å²) in [5.74, 6) is 0. The molecule has 1 fully saturated rings. The van der Waals surface area contributed by atoms with Crippen LogP contribution in [0.3, 0.4) is 0 Å². The smallest absolute Gasteiger partial charge is 0.115 e. The van der Waals surface area contributed by atoms with Crippen molar-refractivity contribution in [3.05, 3.63) is 29.8 Å². The van der Waals surface area contributed by atoms with Crippen LogP contribution < -0.4 is 5.73 Å². The van der Waals surface area contributed by atoms with Gasteiger partial charge in [0.15, 0.2) is 0 Å². The summed E-state index contributed by atoms with van der Waals surface area (Å²) in [4.78, 5) is 0. The molecule has 0 atom stereocenters. The molecule has 2 N–H and O–H groups in total. The second-order valence-electron chi connectivity index (χ2n) is 3.53. The molecule has 0 saturated heterocycles. The lowest BCUT2D eigenvalue weighted by Gasteiger charge is -2.07. The summed E-state index contributed by atoms with van der Waals surface area (Å²) >= 11 is 0. The molecular formula is C10H12FN. The largest absolute Gasteiger partial charge is 0.399 e. The number of halogens is 1. The molecule has 0 heterocycles. The van der Waals surface area contributed by atoms with E-state index in [0.29, 0.717) is 24.9 Å². The number of benzene rings is 1. The van der Waals surface area contributed by atoms with Gasteiger partial charge in [0.2, 0.25) is 0 Å². The number of alkyl halides is 1. The third-order valence-electron chi connectivity index (χ3n) is 2.35. The lowest BCUT2D eigenvalue weighted by Crippen LogP contribution is -2.06. The molecule has 2 rings (SSSR count). The van der Waals surface area contributed by atoms with Crippen molar-refractivity contribution in [1.82, 2.24) is 0 Å². The van der Waals surface area contributed by atoms with Gasteiger partial charge >= 0.3 is 0 Å². The molecule has 0 aliphatic heterocycles. The highest BCUT2D eigenvalue weighted by Gasteiger charge is 2.43. The Morgan fingerprint density at radius 1 is 1.33 bits per heavy atom. The zero-order valence-electron chi connectivity index (χ0n) is 6.89. The monoisotopic (exact) mass is 165 g/mol. The molecule has 1 aliphatic carbocycles. The van der Waals surface area contributed by atoms with Crippen molar-refractivity contribution in [2.75, 3.05) is 5.73 Å². The van der Waals surface area contributed by atoms with Crippen molar-refractivity contribution in [3.63, 3.8) is 0 Å². The fourth-order valence-electron chi connectivity index (χ4n) is 1.35. The molecule has 2 heteroatoms. The summed E-state index contributed by atoms with van der Waals surface area (Å²) in [5, 5.41) is 0. The van der Waals surface area contributed by atoms with E-state index < -0.39 is 5.67 Å². The van der Waals surface area contributed by atoms with Gasteiger partial charge in [0.1, 0.15) is 5.67 Å². The number of hydrogen-bond donors (Lipinski definition) is 1. The minimum atomic E-state index is -0.935. The van der Waals surface area contributed by atoms with Crippen molar-refractivity contribution in [2.24, 2.45) is 0 Å². The SMILES string of the molecule is Nc1ccccc1CC1(F)CC1. The summed E-state index contributed by atoms with van der Waals surface area (Å²) in [7, 11) is 0. The van der Waals surface area contributed by atoms with Crippen LogP contribution in [-0.2, 0) is 6.42 Å². The fourth-order valence-corrected chi connectivity index (χ4v) is 1.35. The lowest BCUT2D eigenvalue weighted by molar-refractivity contribution is 0.308. The van der Waals surface area contributed by atoms with Crippen LogP contribution in [0.1, 0.15) is 18.4 Å². The highest BCUT2D eigenvalue weighted by molar-refractivity contribution is 5.47. The van der Waals surface area contributed by atoms with Crippen LogP contribution in [0, 0.1) is 0 Å². The summed E-state index contributed by atoms with van der Waals surface area (Å²) in [6, 6.07) is 7.49. The van der Waals surface area contributed by atoms with Crippen molar-refractivity contribution in [3.8, 4) is 0 Å². The molecule has 0 aromatic heterocycles. The van der Waals surface area contributed by atoms with E-state index in [1.807, 2.05) is 24.3 Å². The predicted octanol–water partition coefficient (Wildman–Crippen LogP) is 2.31. The van der Waals surface area contributed by atoms with E-state index in [0.717, 1.165) is 5.56 Å².